The molecule has 98 valence electrons. The van der Waals surface area contributed by atoms with Crippen LogP contribution in [0.2, 0.25) is 0 Å². The highest BCUT2D eigenvalue weighted by molar-refractivity contribution is 5.97. The maximum absolute atomic E-state index is 12.0. The molecule has 0 aromatic carbocycles. The normalized spacial score (nSPS) is 15.8. The smallest absolute Gasteiger partial charge is 0.178 e. The van der Waals surface area contributed by atoms with Crippen LogP contribution in [0.5, 0.6) is 5.75 Å². The summed E-state index contributed by atoms with van der Waals surface area (Å²) < 4.78 is 5.34. The van der Waals surface area contributed by atoms with Crippen LogP contribution in [0.4, 0.5) is 0 Å². The molecular formula is C14H20N2O2. The first-order valence-electron chi connectivity index (χ1n) is 6.64. The van der Waals surface area contributed by atoms with Crippen molar-refractivity contribution >= 4 is 5.78 Å². The molecule has 1 aliphatic rings. The molecule has 0 amide bonds. The average molecular weight is 248 g/mol. The molecule has 2 rings (SSSR count). The first-order chi connectivity index (χ1) is 8.79. The Bertz CT molecular complexity index is 401. The minimum Gasteiger partial charge on any atom is -0.492 e. The monoisotopic (exact) mass is 248 g/mol. The van der Waals surface area contributed by atoms with Crippen LogP contribution in [0.1, 0.15) is 43.0 Å². The molecule has 1 N–H and O–H groups in total. The Labute approximate surface area is 108 Å². The summed E-state index contributed by atoms with van der Waals surface area (Å²) in [7, 11) is 0. The van der Waals surface area contributed by atoms with Gasteiger partial charge in [-0.25, -0.2) is 0 Å². The van der Waals surface area contributed by atoms with Crippen LogP contribution in [0, 0.1) is 0 Å². The van der Waals surface area contributed by atoms with Gasteiger partial charge in [0.05, 0.1) is 19.3 Å². The molecule has 4 nitrogen and oxygen atoms in total. The van der Waals surface area contributed by atoms with Gasteiger partial charge in [-0.2, -0.15) is 0 Å². The minimum absolute atomic E-state index is 0.0796. The van der Waals surface area contributed by atoms with Crippen molar-refractivity contribution in [1.82, 2.24) is 10.3 Å². The van der Waals surface area contributed by atoms with Gasteiger partial charge in [-0.3, -0.25) is 9.78 Å². The number of nitrogens with one attached hydrogen (secondary N) is 1. The third kappa shape index (κ3) is 3.53. The number of hydrogen-bond donors (Lipinski definition) is 1. The zero-order valence-corrected chi connectivity index (χ0v) is 10.8. The van der Waals surface area contributed by atoms with E-state index in [1.54, 1.807) is 18.5 Å². The molecule has 0 spiro atoms. The van der Waals surface area contributed by atoms with Gasteiger partial charge in [0.15, 0.2) is 5.78 Å². The number of rotatable bonds is 6. The second kappa shape index (κ2) is 6.50. The summed E-state index contributed by atoms with van der Waals surface area (Å²) in [6.45, 7) is 2.89. The molecule has 1 aromatic rings. The lowest BCUT2D eigenvalue weighted by atomic mass is 10.1. The van der Waals surface area contributed by atoms with Gasteiger partial charge in [0, 0.05) is 17.8 Å². The molecule has 0 unspecified atom stereocenters. The lowest BCUT2D eigenvalue weighted by Crippen LogP contribution is -2.31. The van der Waals surface area contributed by atoms with Crippen molar-refractivity contribution in [1.29, 1.82) is 0 Å². The fourth-order valence-corrected chi connectivity index (χ4v) is 2.29. The Hall–Kier alpha value is -1.42. The Kier molecular flexibility index (Phi) is 4.70. The van der Waals surface area contributed by atoms with E-state index in [1.807, 2.05) is 6.92 Å². The molecule has 0 atom stereocenters. The Morgan fingerprint density at radius 2 is 2.22 bits per heavy atom. The van der Waals surface area contributed by atoms with Crippen LogP contribution in [-0.2, 0) is 0 Å². The van der Waals surface area contributed by atoms with E-state index in [4.69, 9.17) is 4.74 Å². The van der Waals surface area contributed by atoms with E-state index >= 15 is 0 Å². The number of aromatic nitrogens is 1. The SMILES string of the molecule is CCOc1cncc(C(=O)CNC2CCCC2)c1. The fourth-order valence-electron chi connectivity index (χ4n) is 2.29. The number of ether oxygens (including phenoxy) is 1. The van der Waals surface area contributed by atoms with Crippen molar-refractivity contribution in [2.45, 2.75) is 38.6 Å². The van der Waals surface area contributed by atoms with Crippen molar-refractivity contribution in [3.63, 3.8) is 0 Å². The van der Waals surface area contributed by atoms with E-state index in [1.165, 1.54) is 25.7 Å². The van der Waals surface area contributed by atoms with Crippen LogP contribution >= 0.6 is 0 Å². The van der Waals surface area contributed by atoms with E-state index in [9.17, 15) is 4.79 Å². The number of carbonyl (C=O) groups excluding carboxylic acids is 1. The van der Waals surface area contributed by atoms with Crippen molar-refractivity contribution in [3.8, 4) is 5.75 Å². The van der Waals surface area contributed by atoms with Crippen LogP contribution in [0.3, 0.4) is 0 Å². The summed E-state index contributed by atoms with van der Waals surface area (Å²) in [5.74, 6) is 0.736. The van der Waals surface area contributed by atoms with Crippen LogP contribution in [-0.4, -0.2) is 30.0 Å². The van der Waals surface area contributed by atoms with Gasteiger partial charge in [0.25, 0.3) is 0 Å². The molecular weight excluding hydrogens is 228 g/mol. The van der Waals surface area contributed by atoms with Crippen molar-refractivity contribution in [3.05, 3.63) is 24.0 Å². The molecule has 1 fully saturated rings. The number of nitrogens with zero attached hydrogens (tertiary/aromatic N) is 1. The van der Waals surface area contributed by atoms with Crippen molar-refractivity contribution in [2.75, 3.05) is 13.2 Å². The molecule has 1 aromatic heterocycles. The van der Waals surface area contributed by atoms with Gasteiger partial charge >= 0.3 is 0 Å². The maximum atomic E-state index is 12.0. The number of hydrogen-bond acceptors (Lipinski definition) is 4. The summed E-state index contributed by atoms with van der Waals surface area (Å²) in [5.41, 5.74) is 0.617. The molecule has 0 bridgehead atoms. The summed E-state index contributed by atoms with van der Waals surface area (Å²) in [6, 6.07) is 2.27. The third-order valence-electron chi connectivity index (χ3n) is 3.25. The van der Waals surface area contributed by atoms with E-state index in [-0.39, 0.29) is 5.78 Å². The van der Waals surface area contributed by atoms with E-state index < -0.39 is 0 Å². The standard InChI is InChI=1S/C14H20N2O2/c1-2-18-13-7-11(8-15-9-13)14(17)10-16-12-5-3-4-6-12/h7-9,12,16H,2-6,10H2,1H3. The van der Waals surface area contributed by atoms with Gasteiger partial charge in [0.2, 0.25) is 0 Å². The average Bonchev–Trinajstić information content (AvgIpc) is 2.90. The number of ketones is 1. The first-order valence-corrected chi connectivity index (χ1v) is 6.64. The predicted octanol–water partition coefficient (Wildman–Crippen LogP) is 2.20. The van der Waals surface area contributed by atoms with Crippen molar-refractivity contribution in [2.24, 2.45) is 0 Å². The lowest BCUT2D eigenvalue weighted by Gasteiger charge is -2.11. The molecule has 1 saturated carbocycles. The van der Waals surface area contributed by atoms with Crippen molar-refractivity contribution < 1.29 is 9.53 Å². The molecule has 1 heterocycles. The topological polar surface area (TPSA) is 51.2 Å². The van der Waals surface area contributed by atoms with Crippen LogP contribution in [0.25, 0.3) is 0 Å². The second-order valence-corrected chi connectivity index (χ2v) is 4.63. The molecule has 0 aliphatic heterocycles. The minimum atomic E-state index is 0.0796. The summed E-state index contributed by atoms with van der Waals surface area (Å²) >= 11 is 0. The summed E-state index contributed by atoms with van der Waals surface area (Å²) in [5, 5.41) is 3.31. The summed E-state index contributed by atoms with van der Waals surface area (Å²) in [6.07, 6.45) is 8.14. The largest absolute Gasteiger partial charge is 0.492 e. The molecule has 4 heteroatoms. The Morgan fingerprint density at radius 3 is 2.94 bits per heavy atom. The zero-order valence-electron chi connectivity index (χ0n) is 10.8. The predicted molar refractivity (Wildman–Crippen MR) is 70.0 cm³/mol. The molecule has 0 radical (unpaired) electrons. The van der Waals surface area contributed by atoms with Crippen LogP contribution < -0.4 is 10.1 Å². The highest BCUT2D eigenvalue weighted by Crippen LogP contribution is 2.17. The lowest BCUT2D eigenvalue weighted by molar-refractivity contribution is 0.0986. The molecule has 0 saturated heterocycles. The highest BCUT2D eigenvalue weighted by atomic mass is 16.5. The summed E-state index contributed by atoms with van der Waals surface area (Å²) in [4.78, 5) is 16.0. The fraction of sp³-hybridized carbons (Fsp3) is 0.571. The number of carbonyl (C=O) groups is 1. The third-order valence-corrected chi connectivity index (χ3v) is 3.25. The van der Waals surface area contributed by atoms with Gasteiger partial charge in [-0.05, 0) is 25.8 Å². The van der Waals surface area contributed by atoms with Gasteiger partial charge in [-0.15, -0.1) is 0 Å². The quantitative estimate of drug-likeness (QED) is 0.784. The Morgan fingerprint density at radius 1 is 1.44 bits per heavy atom. The van der Waals surface area contributed by atoms with E-state index in [0.29, 0.717) is 30.5 Å². The Balaban J connectivity index is 1.89. The maximum Gasteiger partial charge on any atom is 0.178 e. The van der Waals surface area contributed by atoms with E-state index in [0.717, 1.165) is 0 Å². The van der Waals surface area contributed by atoms with Gasteiger partial charge in [0.1, 0.15) is 5.75 Å². The second-order valence-electron chi connectivity index (χ2n) is 4.63. The first kappa shape index (κ1) is 13.0. The highest BCUT2D eigenvalue weighted by Gasteiger charge is 2.16. The molecule has 18 heavy (non-hydrogen) atoms. The molecule has 1 aliphatic carbocycles. The van der Waals surface area contributed by atoms with E-state index in [2.05, 4.69) is 10.3 Å². The van der Waals surface area contributed by atoms with Gasteiger partial charge in [-0.1, -0.05) is 12.8 Å². The van der Waals surface area contributed by atoms with Gasteiger partial charge < -0.3 is 10.1 Å². The zero-order chi connectivity index (χ0) is 12.8. The number of pyridine rings is 1. The van der Waals surface area contributed by atoms with Crippen LogP contribution in [0.15, 0.2) is 18.5 Å². The number of Topliss-reactive ketones (excluding diaryl/α,β-unsaturated/α-hetero) is 1.